The Balaban J connectivity index is 1.18. The van der Waals surface area contributed by atoms with Crippen LogP contribution in [0.5, 0.6) is 0 Å². The molecule has 12 nitrogen and oxygen atoms in total. The van der Waals surface area contributed by atoms with Crippen LogP contribution in [-0.2, 0) is 19.4 Å². The van der Waals surface area contributed by atoms with Crippen LogP contribution >= 0.6 is 0 Å². The maximum atomic E-state index is 12.8. The van der Waals surface area contributed by atoms with E-state index in [9.17, 15) is 18.6 Å². The standard InChI is InChI=1S/C21H26N6O6S/c22-19-16-20(24-11-23-19)27(12-25-16)21-18(29)17(28)15(33-21)10-32-26-8-6-14(7-9-26)34(30,31)13-4-2-1-3-5-13/h1-5,11-12,14-15,17-18,21,28-29H,6-10H2,(H2,22,23,24)/t15-,17-,18-,21-/m1/s1. The Morgan fingerprint density at radius 2 is 1.82 bits per heavy atom. The van der Waals surface area contributed by atoms with Crippen molar-refractivity contribution in [3.8, 4) is 0 Å². The molecule has 0 saturated carbocycles. The van der Waals surface area contributed by atoms with E-state index in [4.69, 9.17) is 15.3 Å². The summed E-state index contributed by atoms with van der Waals surface area (Å²) in [5, 5.41) is 22.3. The third kappa shape index (κ3) is 4.15. The number of ether oxygens (including phenoxy) is 1. The van der Waals surface area contributed by atoms with Gasteiger partial charge >= 0.3 is 0 Å². The number of aliphatic hydroxyl groups excluding tert-OH is 2. The Kier molecular flexibility index (Phi) is 6.22. The van der Waals surface area contributed by atoms with E-state index in [0.29, 0.717) is 42.0 Å². The fourth-order valence-corrected chi connectivity index (χ4v) is 6.16. The van der Waals surface area contributed by atoms with E-state index in [-0.39, 0.29) is 12.4 Å². The largest absolute Gasteiger partial charge is 0.387 e. The van der Waals surface area contributed by atoms with Crippen LogP contribution in [0.2, 0.25) is 0 Å². The Bertz CT molecular complexity index is 1250. The lowest BCUT2D eigenvalue weighted by Crippen LogP contribution is -2.42. The number of imidazole rings is 1. The molecule has 4 atom stereocenters. The van der Waals surface area contributed by atoms with Gasteiger partial charge in [0.15, 0.2) is 27.5 Å². The van der Waals surface area contributed by atoms with Crippen LogP contribution < -0.4 is 5.73 Å². The average molecular weight is 491 g/mol. The first-order valence-corrected chi connectivity index (χ1v) is 12.5. The molecular weight excluding hydrogens is 464 g/mol. The molecule has 2 aliphatic rings. The highest BCUT2D eigenvalue weighted by atomic mass is 32.2. The molecule has 0 amide bonds. The molecule has 2 saturated heterocycles. The maximum absolute atomic E-state index is 12.8. The van der Waals surface area contributed by atoms with E-state index in [1.165, 1.54) is 17.2 Å². The van der Waals surface area contributed by atoms with Gasteiger partial charge in [-0.15, -0.1) is 0 Å². The Labute approximate surface area is 195 Å². The molecule has 2 aromatic heterocycles. The number of benzene rings is 1. The molecule has 0 radical (unpaired) electrons. The number of anilines is 1. The molecule has 13 heteroatoms. The van der Waals surface area contributed by atoms with Gasteiger partial charge in [-0.05, 0) is 25.0 Å². The number of hydrogen-bond acceptors (Lipinski definition) is 11. The van der Waals surface area contributed by atoms with Crippen molar-refractivity contribution in [3.05, 3.63) is 43.0 Å². The van der Waals surface area contributed by atoms with Gasteiger partial charge in [0.2, 0.25) is 0 Å². The molecule has 34 heavy (non-hydrogen) atoms. The summed E-state index contributed by atoms with van der Waals surface area (Å²) in [7, 11) is -3.39. The number of nitrogen functional groups attached to an aromatic ring is 1. The van der Waals surface area contributed by atoms with Crippen LogP contribution in [-0.4, -0.2) is 86.5 Å². The fourth-order valence-electron chi connectivity index (χ4n) is 4.41. The van der Waals surface area contributed by atoms with Crippen LogP contribution in [0.3, 0.4) is 0 Å². The molecule has 0 bridgehead atoms. The Morgan fingerprint density at radius 3 is 2.56 bits per heavy atom. The SMILES string of the molecule is Nc1ncnc2c1ncn2[C@@H]1O[C@H](CON2CCC(S(=O)(=O)c3ccccc3)CC2)[C@@H](O)[C@H]1O. The topological polar surface area (TPSA) is 166 Å². The van der Waals surface area contributed by atoms with Crippen LogP contribution in [0, 0.1) is 0 Å². The van der Waals surface area contributed by atoms with Crippen LogP contribution in [0.25, 0.3) is 11.2 Å². The normalized spacial score (nSPS) is 26.9. The van der Waals surface area contributed by atoms with Gasteiger partial charge in [-0.2, -0.15) is 5.06 Å². The molecule has 0 unspecified atom stereocenters. The second-order valence-electron chi connectivity index (χ2n) is 8.41. The molecule has 3 aromatic rings. The first-order chi connectivity index (χ1) is 16.4. The number of hydrogen-bond donors (Lipinski definition) is 3. The number of nitrogens with zero attached hydrogens (tertiary/aromatic N) is 5. The average Bonchev–Trinajstić information content (AvgIpc) is 3.40. The first kappa shape index (κ1) is 23.1. The first-order valence-electron chi connectivity index (χ1n) is 11.0. The number of aliphatic hydroxyl groups is 2. The lowest BCUT2D eigenvalue weighted by atomic mass is 10.1. The summed E-state index contributed by atoms with van der Waals surface area (Å²) in [5.41, 5.74) is 6.57. The zero-order valence-corrected chi connectivity index (χ0v) is 19.0. The van der Waals surface area contributed by atoms with Crippen LogP contribution in [0.4, 0.5) is 5.82 Å². The van der Waals surface area contributed by atoms with Gasteiger partial charge in [0.05, 0.1) is 23.1 Å². The minimum absolute atomic E-state index is 0.00538. The van der Waals surface area contributed by atoms with E-state index in [1.807, 2.05) is 0 Å². The lowest BCUT2D eigenvalue weighted by molar-refractivity contribution is -0.199. The summed E-state index contributed by atoms with van der Waals surface area (Å²) in [6.45, 7) is 0.844. The monoisotopic (exact) mass is 490 g/mol. The van der Waals surface area contributed by atoms with Crippen molar-refractivity contribution in [3.63, 3.8) is 0 Å². The summed E-state index contributed by atoms with van der Waals surface area (Å²) < 4.78 is 33.1. The summed E-state index contributed by atoms with van der Waals surface area (Å²) in [4.78, 5) is 18.3. The summed E-state index contributed by atoms with van der Waals surface area (Å²) >= 11 is 0. The molecule has 2 fully saturated rings. The predicted molar refractivity (Wildman–Crippen MR) is 120 cm³/mol. The maximum Gasteiger partial charge on any atom is 0.181 e. The molecule has 1 aromatic carbocycles. The van der Waals surface area contributed by atoms with Crippen molar-refractivity contribution in [1.29, 1.82) is 0 Å². The van der Waals surface area contributed by atoms with Gasteiger partial charge < -0.3 is 20.7 Å². The van der Waals surface area contributed by atoms with Crippen molar-refractivity contribution in [2.45, 2.75) is 47.5 Å². The Morgan fingerprint density at radius 1 is 1.09 bits per heavy atom. The number of rotatable bonds is 6. The van der Waals surface area contributed by atoms with E-state index >= 15 is 0 Å². The van der Waals surface area contributed by atoms with Crippen LogP contribution in [0.15, 0.2) is 47.9 Å². The number of fused-ring (bicyclic) bond motifs is 1. The van der Waals surface area contributed by atoms with Crippen molar-refractivity contribution in [1.82, 2.24) is 24.6 Å². The number of sulfone groups is 1. The molecule has 182 valence electrons. The zero-order valence-electron chi connectivity index (χ0n) is 18.2. The molecule has 0 aliphatic carbocycles. The van der Waals surface area contributed by atoms with Crippen molar-refractivity contribution in [2.24, 2.45) is 0 Å². The third-order valence-electron chi connectivity index (χ3n) is 6.33. The zero-order chi connectivity index (χ0) is 23.9. The highest BCUT2D eigenvalue weighted by Crippen LogP contribution is 2.32. The quantitative estimate of drug-likeness (QED) is 0.422. The van der Waals surface area contributed by atoms with Gasteiger partial charge in [-0.3, -0.25) is 9.40 Å². The van der Waals surface area contributed by atoms with Crippen molar-refractivity contribution >= 4 is 26.8 Å². The van der Waals surface area contributed by atoms with Gasteiger partial charge in [0, 0.05) is 13.1 Å². The van der Waals surface area contributed by atoms with E-state index in [0.717, 1.165) is 0 Å². The lowest BCUT2D eigenvalue weighted by Gasteiger charge is -2.31. The third-order valence-corrected chi connectivity index (χ3v) is 8.61. The van der Waals surface area contributed by atoms with E-state index in [1.54, 1.807) is 35.4 Å². The minimum Gasteiger partial charge on any atom is -0.387 e. The van der Waals surface area contributed by atoms with Crippen LogP contribution in [0.1, 0.15) is 19.1 Å². The predicted octanol–water partition coefficient (Wildman–Crippen LogP) is -0.102. The molecule has 4 heterocycles. The smallest absolute Gasteiger partial charge is 0.181 e. The minimum atomic E-state index is -3.39. The van der Waals surface area contributed by atoms with Crippen molar-refractivity contribution < 1.29 is 28.2 Å². The molecular formula is C21H26N6O6S. The summed E-state index contributed by atoms with van der Waals surface area (Å²) in [6.07, 6.45) is -0.585. The summed E-state index contributed by atoms with van der Waals surface area (Å²) in [5.74, 6) is 0.203. The number of nitrogens with two attached hydrogens (primary N) is 1. The number of hydroxylamine groups is 2. The molecule has 4 N–H and O–H groups in total. The Hall–Kier alpha value is -2.68. The highest BCUT2D eigenvalue weighted by molar-refractivity contribution is 7.92. The second kappa shape index (κ2) is 9.17. The van der Waals surface area contributed by atoms with Gasteiger partial charge in [0.25, 0.3) is 0 Å². The molecule has 5 rings (SSSR count). The summed E-state index contributed by atoms with van der Waals surface area (Å²) in [6, 6.07) is 8.45. The molecule has 0 spiro atoms. The van der Waals surface area contributed by atoms with E-state index < -0.39 is 39.6 Å². The molecule has 2 aliphatic heterocycles. The van der Waals surface area contributed by atoms with Crippen molar-refractivity contribution in [2.75, 3.05) is 25.4 Å². The van der Waals surface area contributed by atoms with Gasteiger partial charge in [-0.1, -0.05) is 18.2 Å². The second-order valence-corrected chi connectivity index (χ2v) is 10.6. The van der Waals surface area contributed by atoms with E-state index in [2.05, 4.69) is 15.0 Å². The fraction of sp³-hybridized carbons (Fsp3) is 0.476. The van der Waals surface area contributed by atoms with Gasteiger partial charge in [-0.25, -0.2) is 23.4 Å². The number of piperidine rings is 1. The highest BCUT2D eigenvalue weighted by Gasteiger charge is 2.45. The number of aromatic nitrogens is 4. The van der Waals surface area contributed by atoms with Gasteiger partial charge in [0.1, 0.15) is 30.2 Å².